The molecule has 0 N–H and O–H groups in total. The van der Waals surface area contributed by atoms with E-state index in [0.717, 1.165) is 13.1 Å². The van der Waals surface area contributed by atoms with E-state index in [4.69, 9.17) is 0 Å². The van der Waals surface area contributed by atoms with Crippen LogP contribution in [0.25, 0.3) is 0 Å². The smallest absolute Gasteiger partial charge is 0.0236 e. The summed E-state index contributed by atoms with van der Waals surface area (Å²) >= 11 is 0. The van der Waals surface area contributed by atoms with Crippen molar-refractivity contribution in [2.75, 3.05) is 6.54 Å². The number of rotatable bonds is 6. The van der Waals surface area contributed by atoms with Crippen molar-refractivity contribution in [3.05, 3.63) is 35.9 Å². The van der Waals surface area contributed by atoms with Gasteiger partial charge in [-0.1, -0.05) is 50.6 Å². The van der Waals surface area contributed by atoms with Crippen molar-refractivity contribution in [2.24, 2.45) is 0 Å². The molecule has 0 fully saturated rings. The first-order valence-corrected chi connectivity index (χ1v) is 6.05. The molecule has 0 amide bonds. The molecule has 1 aromatic carbocycles. The summed E-state index contributed by atoms with van der Waals surface area (Å²) in [5.74, 6) is 0. The number of nitrogens with zero attached hydrogens (tertiary/aromatic N) is 1. The van der Waals surface area contributed by atoms with Gasteiger partial charge in [-0.25, -0.2) is 0 Å². The standard InChI is InChI=1S/C14H23N/c1-4-9-13(3)15(5-2)12-14-10-7-6-8-11-14/h6-8,10-11,13H,4-5,9,12H2,1-3H3/t13-/m1/s1. The Hall–Kier alpha value is -0.820. The highest BCUT2D eigenvalue weighted by Gasteiger charge is 2.10. The van der Waals surface area contributed by atoms with Crippen molar-refractivity contribution in [1.29, 1.82) is 0 Å². The Morgan fingerprint density at radius 1 is 1.13 bits per heavy atom. The van der Waals surface area contributed by atoms with Crippen LogP contribution in [0.1, 0.15) is 39.2 Å². The van der Waals surface area contributed by atoms with Crippen LogP contribution in [0.3, 0.4) is 0 Å². The second-order valence-corrected chi connectivity index (χ2v) is 4.19. The molecule has 1 atom stereocenters. The Morgan fingerprint density at radius 3 is 2.33 bits per heavy atom. The van der Waals surface area contributed by atoms with E-state index in [0.29, 0.717) is 6.04 Å². The molecule has 0 aliphatic rings. The van der Waals surface area contributed by atoms with E-state index in [9.17, 15) is 0 Å². The van der Waals surface area contributed by atoms with Gasteiger partial charge in [0.1, 0.15) is 0 Å². The summed E-state index contributed by atoms with van der Waals surface area (Å²) in [6.07, 6.45) is 2.56. The zero-order valence-corrected chi connectivity index (χ0v) is 10.2. The van der Waals surface area contributed by atoms with Crippen LogP contribution in [0.2, 0.25) is 0 Å². The van der Waals surface area contributed by atoms with Gasteiger partial charge in [0.25, 0.3) is 0 Å². The molecule has 0 heterocycles. The summed E-state index contributed by atoms with van der Waals surface area (Å²) in [5.41, 5.74) is 1.42. The molecule has 0 aliphatic heterocycles. The van der Waals surface area contributed by atoms with Crippen LogP contribution in [0.4, 0.5) is 0 Å². The lowest BCUT2D eigenvalue weighted by molar-refractivity contribution is 0.200. The molecule has 1 aromatic rings. The topological polar surface area (TPSA) is 3.24 Å². The molecule has 0 aromatic heterocycles. The number of benzene rings is 1. The summed E-state index contributed by atoms with van der Waals surface area (Å²) in [5, 5.41) is 0. The minimum atomic E-state index is 0.695. The third-order valence-electron chi connectivity index (χ3n) is 2.96. The molecule has 1 rings (SSSR count). The fraction of sp³-hybridized carbons (Fsp3) is 0.571. The summed E-state index contributed by atoms with van der Waals surface area (Å²) in [6, 6.07) is 11.4. The van der Waals surface area contributed by atoms with Gasteiger partial charge in [0.05, 0.1) is 0 Å². The first-order valence-electron chi connectivity index (χ1n) is 6.05. The first kappa shape index (κ1) is 12.3. The molecule has 1 nitrogen and oxygen atoms in total. The van der Waals surface area contributed by atoms with Gasteiger partial charge in [0.15, 0.2) is 0 Å². The Labute approximate surface area is 94.1 Å². The van der Waals surface area contributed by atoms with Crippen LogP contribution in [0, 0.1) is 0 Å². The van der Waals surface area contributed by atoms with Gasteiger partial charge in [-0.15, -0.1) is 0 Å². The zero-order valence-electron chi connectivity index (χ0n) is 10.2. The molecule has 0 unspecified atom stereocenters. The molecule has 0 radical (unpaired) electrons. The van der Waals surface area contributed by atoms with E-state index in [1.807, 2.05) is 0 Å². The minimum Gasteiger partial charge on any atom is -0.297 e. The summed E-state index contributed by atoms with van der Waals surface area (Å²) in [7, 11) is 0. The van der Waals surface area contributed by atoms with E-state index in [1.165, 1.54) is 18.4 Å². The summed E-state index contributed by atoms with van der Waals surface area (Å²) in [4.78, 5) is 2.54. The molecule has 0 bridgehead atoms. The molecule has 84 valence electrons. The Morgan fingerprint density at radius 2 is 1.80 bits per heavy atom. The second kappa shape index (κ2) is 6.62. The highest BCUT2D eigenvalue weighted by atomic mass is 15.1. The Balaban J connectivity index is 2.53. The molecular formula is C14H23N. The van der Waals surface area contributed by atoms with Crippen LogP contribution in [-0.4, -0.2) is 17.5 Å². The third kappa shape index (κ3) is 4.05. The molecule has 0 saturated carbocycles. The maximum atomic E-state index is 2.54. The van der Waals surface area contributed by atoms with Crippen molar-refractivity contribution in [2.45, 2.75) is 46.2 Å². The lowest BCUT2D eigenvalue weighted by Gasteiger charge is -2.27. The van der Waals surface area contributed by atoms with E-state index in [1.54, 1.807) is 0 Å². The van der Waals surface area contributed by atoms with Crippen molar-refractivity contribution >= 4 is 0 Å². The molecule has 1 heteroatoms. The minimum absolute atomic E-state index is 0.695. The average molecular weight is 205 g/mol. The predicted molar refractivity (Wildman–Crippen MR) is 66.9 cm³/mol. The summed E-state index contributed by atoms with van der Waals surface area (Å²) < 4.78 is 0. The zero-order chi connectivity index (χ0) is 11.1. The van der Waals surface area contributed by atoms with E-state index < -0.39 is 0 Å². The van der Waals surface area contributed by atoms with Crippen LogP contribution >= 0.6 is 0 Å². The van der Waals surface area contributed by atoms with Crippen LogP contribution in [0.5, 0.6) is 0 Å². The normalized spacial score (nSPS) is 13.1. The Kier molecular flexibility index (Phi) is 5.41. The quantitative estimate of drug-likeness (QED) is 0.684. The second-order valence-electron chi connectivity index (χ2n) is 4.19. The summed E-state index contributed by atoms with van der Waals surface area (Å²) in [6.45, 7) is 9.05. The highest BCUT2D eigenvalue weighted by molar-refractivity contribution is 5.14. The number of hydrogen-bond donors (Lipinski definition) is 0. The molecule has 0 spiro atoms. The molecule has 0 aliphatic carbocycles. The molecule has 15 heavy (non-hydrogen) atoms. The van der Waals surface area contributed by atoms with E-state index in [2.05, 4.69) is 56.0 Å². The average Bonchev–Trinajstić information content (AvgIpc) is 2.27. The van der Waals surface area contributed by atoms with Gasteiger partial charge in [-0.05, 0) is 25.5 Å². The van der Waals surface area contributed by atoms with Gasteiger partial charge in [0.2, 0.25) is 0 Å². The van der Waals surface area contributed by atoms with Crippen molar-refractivity contribution in [1.82, 2.24) is 4.90 Å². The van der Waals surface area contributed by atoms with E-state index in [-0.39, 0.29) is 0 Å². The fourth-order valence-corrected chi connectivity index (χ4v) is 2.00. The highest BCUT2D eigenvalue weighted by Crippen LogP contribution is 2.11. The lowest BCUT2D eigenvalue weighted by Crippen LogP contribution is -2.32. The molecular weight excluding hydrogens is 182 g/mol. The predicted octanol–water partition coefficient (Wildman–Crippen LogP) is 3.70. The monoisotopic (exact) mass is 205 g/mol. The van der Waals surface area contributed by atoms with Gasteiger partial charge in [-0.3, -0.25) is 4.90 Å². The molecule has 0 saturated heterocycles. The van der Waals surface area contributed by atoms with Crippen LogP contribution in [0.15, 0.2) is 30.3 Å². The van der Waals surface area contributed by atoms with Crippen molar-refractivity contribution in [3.8, 4) is 0 Å². The van der Waals surface area contributed by atoms with Gasteiger partial charge in [-0.2, -0.15) is 0 Å². The van der Waals surface area contributed by atoms with Gasteiger partial charge < -0.3 is 0 Å². The Bertz CT molecular complexity index is 255. The fourth-order valence-electron chi connectivity index (χ4n) is 2.00. The first-order chi connectivity index (χ1) is 7.27. The van der Waals surface area contributed by atoms with Crippen molar-refractivity contribution in [3.63, 3.8) is 0 Å². The lowest BCUT2D eigenvalue weighted by atomic mass is 10.1. The SMILES string of the molecule is CCC[C@@H](C)N(CC)Cc1ccccc1. The van der Waals surface area contributed by atoms with E-state index >= 15 is 0 Å². The van der Waals surface area contributed by atoms with Gasteiger partial charge in [0, 0.05) is 12.6 Å². The van der Waals surface area contributed by atoms with Crippen LogP contribution < -0.4 is 0 Å². The maximum absolute atomic E-state index is 2.54. The largest absolute Gasteiger partial charge is 0.297 e. The third-order valence-corrected chi connectivity index (χ3v) is 2.96. The van der Waals surface area contributed by atoms with Crippen molar-refractivity contribution < 1.29 is 0 Å². The van der Waals surface area contributed by atoms with Gasteiger partial charge >= 0.3 is 0 Å². The maximum Gasteiger partial charge on any atom is 0.0236 e. The number of hydrogen-bond acceptors (Lipinski definition) is 1. The van der Waals surface area contributed by atoms with Crippen LogP contribution in [-0.2, 0) is 6.54 Å².